The van der Waals surface area contributed by atoms with Gasteiger partial charge in [-0.2, -0.15) is 16.9 Å². The molecule has 5 nitrogen and oxygen atoms in total. The number of amides is 2. The third kappa shape index (κ3) is 4.95. The summed E-state index contributed by atoms with van der Waals surface area (Å²) in [6.45, 7) is 2.99. The van der Waals surface area contributed by atoms with E-state index < -0.39 is 0 Å². The highest BCUT2D eigenvalue weighted by molar-refractivity contribution is 7.99. The minimum atomic E-state index is 0.0200. The van der Waals surface area contributed by atoms with E-state index in [1.807, 2.05) is 29.9 Å². The number of rotatable bonds is 6. The Bertz CT molecular complexity index is 443. The van der Waals surface area contributed by atoms with Crippen molar-refractivity contribution in [3.8, 4) is 0 Å². The van der Waals surface area contributed by atoms with Crippen LogP contribution in [0.1, 0.15) is 39.0 Å². The van der Waals surface area contributed by atoms with Crippen LogP contribution >= 0.6 is 11.8 Å². The number of hydrogen-bond donors (Lipinski definition) is 1. The van der Waals surface area contributed by atoms with Gasteiger partial charge in [0.15, 0.2) is 0 Å². The van der Waals surface area contributed by atoms with Crippen molar-refractivity contribution < 1.29 is 4.79 Å². The molecular formula is C15H26N4OS. The van der Waals surface area contributed by atoms with Crippen molar-refractivity contribution >= 4 is 23.5 Å². The summed E-state index contributed by atoms with van der Waals surface area (Å²) in [4.78, 5) is 14.6. The van der Waals surface area contributed by atoms with E-state index in [1.165, 1.54) is 19.3 Å². The van der Waals surface area contributed by atoms with Crippen molar-refractivity contribution in [1.29, 1.82) is 0 Å². The lowest BCUT2D eigenvalue weighted by atomic mass is 9.94. The summed E-state index contributed by atoms with van der Waals surface area (Å²) in [5.41, 5.74) is 0.770. The molecule has 1 fully saturated rings. The number of thioether (sulfide) groups is 1. The molecule has 0 aliphatic heterocycles. The Morgan fingerprint density at radius 1 is 1.48 bits per heavy atom. The number of hydrogen-bond acceptors (Lipinski definition) is 3. The Hall–Kier alpha value is -1.17. The second-order valence-electron chi connectivity index (χ2n) is 5.51. The normalized spacial score (nSPS) is 15.9. The van der Waals surface area contributed by atoms with Gasteiger partial charge in [-0.15, -0.1) is 0 Å². The molecule has 0 saturated heterocycles. The van der Waals surface area contributed by atoms with Gasteiger partial charge in [-0.1, -0.05) is 26.2 Å². The van der Waals surface area contributed by atoms with Crippen molar-refractivity contribution in [1.82, 2.24) is 14.7 Å². The molecule has 0 radical (unpaired) electrons. The molecule has 1 aromatic rings. The Morgan fingerprint density at radius 3 is 2.86 bits per heavy atom. The molecule has 1 aliphatic carbocycles. The van der Waals surface area contributed by atoms with Gasteiger partial charge < -0.3 is 10.2 Å². The molecule has 1 heterocycles. The van der Waals surface area contributed by atoms with E-state index in [4.69, 9.17) is 0 Å². The van der Waals surface area contributed by atoms with E-state index in [0.717, 1.165) is 36.6 Å². The van der Waals surface area contributed by atoms with Crippen LogP contribution in [0.4, 0.5) is 10.5 Å². The molecule has 0 aromatic carbocycles. The molecule has 0 atom stereocenters. The predicted molar refractivity (Wildman–Crippen MR) is 88.8 cm³/mol. The van der Waals surface area contributed by atoms with Crippen LogP contribution in [0, 0.1) is 0 Å². The average Bonchev–Trinajstić information content (AvgIpc) is 2.89. The second-order valence-corrected chi connectivity index (χ2v) is 6.91. The molecule has 1 saturated carbocycles. The molecule has 1 aromatic heterocycles. The van der Waals surface area contributed by atoms with Gasteiger partial charge in [0.25, 0.3) is 0 Å². The van der Waals surface area contributed by atoms with Gasteiger partial charge in [0, 0.05) is 31.6 Å². The van der Waals surface area contributed by atoms with E-state index in [0.29, 0.717) is 6.04 Å². The number of aromatic nitrogens is 2. The molecule has 1 N–H and O–H groups in total. The summed E-state index contributed by atoms with van der Waals surface area (Å²) in [6.07, 6.45) is 9.58. The van der Waals surface area contributed by atoms with E-state index in [9.17, 15) is 4.79 Å². The Kier molecular flexibility index (Phi) is 6.42. The highest BCUT2D eigenvalue weighted by Gasteiger charge is 2.25. The molecule has 2 rings (SSSR count). The summed E-state index contributed by atoms with van der Waals surface area (Å²) in [6, 6.07) is 0.416. The summed E-state index contributed by atoms with van der Waals surface area (Å²) < 4.78 is 1.70. The minimum Gasteiger partial charge on any atom is -0.321 e. The smallest absolute Gasteiger partial charge is 0.321 e. The zero-order chi connectivity index (χ0) is 15.1. The summed E-state index contributed by atoms with van der Waals surface area (Å²) in [7, 11) is 1.85. The number of anilines is 1. The Labute approximate surface area is 131 Å². The number of aryl methyl sites for hydroxylation is 1. The second kappa shape index (κ2) is 8.32. The molecule has 0 unspecified atom stereocenters. The summed E-state index contributed by atoms with van der Waals surface area (Å²) in [5.74, 6) is 2.11. The Morgan fingerprint density at radius 2 is 2.24 bits per heavy atom. The van der Waals surface area contributed by atoms with Crippen molar-refractivity contribution in [2.45, 2.75) is 45.1 Å². The topological polar surface area (TPSA) is 50.2 Å². The van der Waals surface area contributed by atoms with Crippen molar-refractivity contribution in [3.63, 3.8) is 0 Å². The molecule has 0 bridgehead atoms. The van der Waals surface area contributed by atoms with Crippen LogP contribution in [0.25, 0.3) is 0 Å². The summed E-state index contributed by atoms with van der Waals surface area (Å²) in [5, 5.41) is 7.08. The largest absolute Gasteiger partial charge is 0.322 e. The lowest BCUT2D eigenvalue weighted by Crippen LogP contribution is -2.45. The maximum atomic E-state index is 12.6. The highest BCUT2D eigenvalue weighted by atomic mass is 32.2. The van der Waals surface area contributed by atoms with Crippen LogP contribution in [-0.4, -0.2) is 44.8 Å². The van der Waals surface area contributed by atoms with E-state index in [-0.39, 0.29) is 6.03 Å². The number of urea groups is 1. The first-order valence-corrected chi connectivity index (χ1v) is 9.00. The minimum absolute atomic E-state index is 0.0200. The average molecular weight is 310 g/mol. The zero-order valence-corrected chi connectivity index (χ0v) is 13.9. The first-order chi connectivity index (χ1) is 10.2. The fourth-order valence-electron chi connectivity index (χ4n) is 2.83. The monoisotopic (exact) mass is 310 g/mol. The highest BCUT2D eigenvalue weighted by Crippen LogP contribution is 2.23. The third-order valence-corrected chi connectivity index (χ3v) is 4.79. The van der Waals surface area contributed by atoms with Gasteiger partial charge in [0.05, 0.1) is 11.9 Å². The fourth-order valence-corrected chi connectivity index (χ4v) is 3.45. The van der Waals surface area contributed by atoms with Gasteiger partial charge in [-0.25, -0.2) is 4.79 Å². The maximum Gasteiger partial charge on any atom is 0.322 e. The van der Waals surface area contributed by atoms with Crippen molar-refractivity contribution in [2.75, 3.05) is 23.4 Å². The fraction of sp³-hybridized carbons (Fsp3) is 0.733. The van der Waals surface area contributed by atoms with Gasteiger partial charge in [0.1, 0.15) is 0 Å². The maximum absolute atomic E-state index is 12.6. The van der Waals surface area contributed by atoms with Crippen LogP contribution in [0.2, 0.25) is 0 Å². The molecule has 21 heavy (non-hydrogen) atoms. The van der Waals surface area contributed by atoms with Crippen LogP contribution < -0.4 is 5.32 Å². The standard InChI is InChI=1S/C15H26N4OS/c1-3-21-10-9-19(14-7-5-4-6-8-14)15(20)17-13-11-16-18(2)12-13/h11-12,14H,3-10H2,1-2H3,(H,17,20). The van der Waals surface area contributed by atoms with Gasteiger partial charge >= 0.3 is 6.03 Å². The van der Waals surface area contributed by atoms with E-state index >= 15 is 0 Å². The molecule has 1 aliphatic rings. The summed E-state index contributed by atoms with van der Waals surface area (Å²) >= 11 is 1.89. The predicted octanol–water partition coefficient (Wildman–Crippen LogP) is 3.34. The lowest BCUT2D eigenvalue weighted by molar-refractivity contribution is 0.172. The van der Waals surface area contributed by atoms with Crippen LogP contribution in [0.15, 0.2) is 12.4 Å². The molecule has 0 spiro atoms. The first-order valence-electron chi connectivity index (χ1n) is 7.84. The Balaban J connectivity index is 1.96. The zero-order valence-electron chi connectivity index (χ0n) is 13.0. The van der Waals surface area contributed by atoms with E-state index in [1.54, 1.807) is 10.9 Å². The van der Waals surface area contributed by atoms with Crippen LogP contribution in [0.3, 0.4) is 0 Å². The van der Waals surface area contributed by atoms with E-state index in [2.05, 4.69) is 17.3 Å². The van der Waals surface area contributed by atoms with Crippen molar-refractivity contribution in [3.05, 3.63) is 12.4 Å². The first kappa shape index (κ1) is 16.2. The van der Waals surface area contributed by atoms with Crippen LogP contribution in [0.5, 0.6) is 0 Å². The van der Waals surface area contributed by atoms with Gasteiger partial charge in [-0.3, -0.25) is 4.68 Å². The lowest BCUT2D eigenvalue weighted by Gasteiger charge is -2.34. The SMILES string of the molecule is CCSCCN(C(=O)Nc1cnn(C)c1)C1CCCCC1. The third-order valence-electron chi connectivity index (χ3n) is 3.91. The number of nitrogens with zero attached hydrogens (tertiary/aromatic N) is 3. The quantitative estimate of drug-likeness (QED) is 0.820. The number of carbonyl (C=O) groups excluding carboxylic acids is 1. The molecule has 2 amide bonds. The molecular weight excluding hydrogens is 284 g/mol. The van der Waals surface area contributed by atoms with Crippen molar-refractivity contribution in [2.24, 2.45) is 7.05 Å². The number of carbonyl (C=O) groups is 1. The van der Waals surface area contributed by atoms with Gasteiger partial charge in [0.2, 0.25) is 0 Å². The molecule has 6 heteroatoms. The van der Waals surface area contributed by atoms with Crippen LogP contribution in [-0.2, 0) is 7.05 Å². The number of nitrogens with one attached hydrogen (secondary N) is 1. The van der Waals surface area contributed by atoms with Gasteiger partial charge in [-0.05, 0) is 18.6 Å². The molecule has 118 valence electrons.